The number of aliphatic hydroxyl groups is 5. The van der Waals surface area contributed by atoms with E-state index in [1.165, 1.54) is 5.57 Å². The molecule has 2 aliphatic rings. The van der Waals surface area contributed by atoms with Gasteiger partial charge in [0.2, 0.25) is 0 Å². The maximum Gasteiger partial charge on any atom is 0.186 e. The van der Waals surface area contributed by atoms with Crippen molar-refractivity contribution < 1.29 is 35.0 Å². The first-order chi connectivity index (χ1) is 10.8. The molecule has 7 unspecified atom stereocenters. The normalized spacial score (nSPS) is 41.3. The fourth-order valence-corrected chi connectivity index (χ4v) is 3.10. The maximum absolute atomic E-state index is 10.6. The molecular weight excluding hydrogens is 304 g/mol. The zero-order valence-corrected chi connectivity index (χ0v) is 13.6. The van der Waals surface area contributed by atoms with Crippen molar-refractivity contribution in [3.8, 4) is 0 Å². The van der Waals surface area contributed by atoms with Gasteiger partial charge in [-0.15, -0.1) is 0 Å². The second kappa shape index (κ2) is 7.57. The second-order valence-electron chi connectivity index (χ2n) is 6.89. The molecule has 0 aromatic carbocycles. The Bertz CT molecular complexity index is 421. The van der Waals surface area contributed by atoms with Gasteiger partial charge in [-0.2, -0.15) is 0 Å². The van der Waals surface area contributed by atoms with Crippen LogP contribution in [0.25, 0.3) is 0 Å². The molecule has 1 saturated heterocycles. The third kappa shape index (κ3) is 4.30. The summed E-state index contributed by atoms with van der Waals surface area (Å²) < 4.78 is 10.7. The summed E-state index contributed by atoms with van der Waals surface area (Å²) in [6.45, 7) is 3.16. The van der Waals surface area contributed by atoms with Gasteiger partial charge in [0.1, 0.15) is 24.4 Å². The molecule has 0 radical (unpaired) electrons. The smallest absolute Gasteiger partial charge is 0.186 e. The number of rotatable bonds is 5. The summed E-state index contributed by atoms with van der Waals surface area (Å²) >= 11 is 0. The minimum absolute atomic E-state index is 0.0380. The molecule has 0 aromatic heterocycles. The summed E-state index contributed by atoms with van der Waals surface area (Å²) in [5.41, 5.74) is 0.211. The number of hydrogen-bond donors (Lipinski definition) is 5. The highest BCUT2D eigenvalue weighted by Crippen LogP contribution is 2.33. The van der Waals surface area contributed by atoms with Crippen LogP contribution >= 0.6 is 0 Å². The summed E-state index contributed by atoms with van der Waals surface area (Å²) in [6, 6.07) is 0. The Labute approximate surface area is 136 Å². The molecule has 7 heteroatoms. The molecule has 1 fully saturated rings. The van der Waals surface area contributed by atoms with E-state index in [9.17, 15) is 20.4 Å². The summed E-state index contributed by atoms with van der Waals surface area (Å²) in [5.74, 6) is 0.0380. The van der Waals surface area contributed by atoms with E-state index in [2.05, 4.69) is 13.0 Å². The van der Waals surface area contributed by atoms with Crippen LogP contribution in [0.5, 0.6) is 0 Å². The zero-order valence-electron chi connectivity index (χ0n) is 13.6. The van der Waals surface area contributed by atoms with Gasteiger partial charge in [-0.1, -0.05) is 11.6 Å². The third-order valence-corrected chi connectivity index (χ3v) is 4.91. The van der Waals surface area contributed by atoms with Gasteiger partial charge in [0.25, 0.3) is 0 Å². The molecular formula is C16H28O7. The first-order valence-electron chi connectivity index (χ1n) is 8.06. The van der Waals surface area contributed by atoms with Gasteiger partial charge >= 0.3 is 0 Å². The summed E-state index contributed by atoms with van der Waals surface area (Å²) in [7, 11) is 0. The summed E-state index contributed by atoms with van der Waals surface area (Å²) in [5, 5.41) is 49.2. The van der Waals surface area contributed by atoms with Crippen LogP contribution in [0.4, 0.5) is 0 Å². The Hall–Kier alpha value is -0.540. The van der Waals surface area contributed by atoms with Crippen LogP contribution < -0.4 is 0 Å². The maximum atomic E-state index is 10.6. The van der Waals surface area contributed by atoms with Crippen LogP contribution in [0.3, 0.4) is 0 Å². The van der Waals surface area contributed by atoms with Crippen LogP contribution in [-0.4, -0.2) is 75.1 Å². The van der Waals surface area contributed by atoms with E-state index in [4.69, 9.17) is 14.6 Å². The van der Waals surface area contributed by atoms with Crippen molar-refractivity contribution in [2.45, 2.75) is 69.4 Å². The topological polar surface area (TPSA) is 120 Å². The fraction of sp³-hybridized carbons (Fsp3) is 0.875. The highest BCUT2D eigenvalue weighted by molar-refractivity contribution is 5.05. The number of hydrogen-bond acceptors (Lipinski definition) is 7. The van der Waals surface area contributed by atoms with Crippen LogP contribution in [0.2, 0.25) is 0 Å². The van der Waals surface area contributed by atoms with E-state index in [1.54, 1.807) is 6.92 Å². The minimum Gasteiger partial charge on any atom is -0.394 e. The van der Waals surface area contributed by atoms with Gasteiger partial charge in [-0.3, -0.25) is 0 Å². The average Bonchev–Trinajstić information content (AvgIpc) is 2.52. The monoisotopic (exact) mass is 332 g/mol. The van der Waals surface area contributed by atoms with Crippen molar-refractivity contribution in [3.63, 3.8) is 0 Å². The molecule has 1 aliphatic carbocycles. The van der Waals surface area contributed by atoms with Gasteiger partial charge in [0.05, 0.1) is 18.8 Å². The SMILES string of the molecule is CC1=CCC(C(C)(O)COC2OC(CO)C(O)C(O)C2O)CC1. The molecule has 23 heavy (non-hydrogen) atoms. The van der Waals surface area contributed by atoms with Crippen LogP contribution in [0, 0.1) is 5.92 Å². The quantitative estimate of drug-likeness (QED) is 0.422. The van der Waals surface area contributed by atoms with E-state index in [0.29, 0.717) is 0 Å². The molecule has 0 saturated carbocycles. The molecule has 5 N–H and O–H groups in total. The van der Waals surface area contributed by atoms with Crippen LogP contribution in [-0.2, 0) is 9.47 Å². The molecule has 134 valence electrons. The Balaban J connectivity index is 1.93. The molecule has 0 amide bonds. The van der Waals surface area contributed by atoms with Gasteiger partial charge in [-0.05, 0) is 39.0 Å². The van der Waals surface area contributed by atoms with Crippen LogP contribution in [0.1, 0.15) is 33.1 Å². The highest BCUT2D eigenvalue weighted by atomic mass is 16.7. The summed E-state index contributed by atoms with van der Waals surface area (Å²) in [6.07, 6.45) is -1.90. The molecule has 0 spiro atoms. The van der Waals surface area contributed by atoms with E-state index in [0.717, 1.165) is 19.3 Å². The molecule has 7 nitrogen and oxygen atoms in total. The standard InChI is InChI=1S/C16H28O7/c1-9-3-5-10(6-4-9)16(2,21)8-22-15-14(20)13(19)12(18)11(7-17)23-15/h3,10-15,17-21H,4-8H2,1-2H3. The number of aliphatic hydroxyl groups excluding tert-OH is 4. The fourth-order valence-electron chi connectivity index (χ4n) is 3.10. The first-order valence-corrected chi connectivity index (χ1v) is 8.06. The Morgan fingerprint density at radius 1 is 1.26 bits per heavy atom. The van der Waals surface area contributed by atoms with Gasteiger partial charge in [-0.25, -0.2) is 0 Å². The lowest BCUT2D eigenvalue weighted by Gasteiger charge is -2.41. The first kappa shape index (κ1) is 18.8. The molecule has 1 aliphatic heterocycles. The lowest BCUT2D eigenvalue weighted by Crippen LogP contribution is -2.59. The lowest BCUT2D eigenvalue weighted by atomic mass is 9.79. The Kier molecular flexibility index (Phi) is 6.18. The Morgan fingerprint density at radius 3 is 2.52 bits per heavy atom. The van der Waals surface area contributed by atoms with Crippen molar-refractivity contribution in [2.75, 3.05) is 13.2 Å². The third-order valence-electron chi connectivity index (χ3n) is 4.91. The van der Waals surface area contributed by atoms with Gasteiger partial charge in [0, 0.05) is 0 Å². The molecule has 7 atom stereocenters. The van der Waals surface area contributed by atoms with Crippen LogP contribution in [0.15, 0.2) is 11.6 Å². The van der Waals surface area contributed by atoms with Gasteiger partial charge in [0.15, 0.2) is 6.29 Å². The number of allylic oxidation sites excluding steroid dienone is 2. The molecule has 0 aromatic rings. The predicted molar refractivity (Wildman–Crippen MR) is 81.4 cm³/mol. The van der Waals surface area contributed by atoms with Crippen molar-refractivity contribution in [2.24, 2.45) is 5.92 Å². The number of ether oxygens (including phenoxy) is 2. The van der Waals surface area contributed by atoms with E-state index in [1.807, 2.05) is 0 Å². The van der Waals surface area contributed by atoms with Crippen molar-refractivity contribution in [3.05, 3.63) is 11.6 Å². The van der Waals surface area contributed by atoms with E-state index in [-0.39, 0.29) is 12.5 Å². The van der Waals surface area contributed by atoms with E-state index >= 15 is 0 Å². The lowest BCUT2D eigenvalue weighted by molar-refractivity contribution is -0.309. The minimum atomic E-state index is -1.48. The highest BCUT2D eigenvalue weighted by Gasteiger charge is 2.45. The molecule has 2 rings (SSSR count). The Morgan fingerprint density at radius 2 is 1.96 bits per heavy atom. The molecule has 1 heterocycles. The average molecular weight is 332 g/mol. The van der Waals surface area contributed by atoms with Crippen molar-refractivity contribution in [1.29, 1.82) is 0 Å². The van der Waals surface area contributed by atoms with Gasteiger partial charge < -0.3 is 35.0 Å². The zero-order chi connectivity index (χ0) is 17.2. The van der Waals surface area contributed by atoms with Crippen molar-refractivity contribution in [1.82, 2.24) is 0 Å². The molecule has 0 bridgehead atoms. The van der Waals surface area contributed by atoms with Crippen molar-refractivity contribution >= 4 is 0 Å². The van der Waals surface area contributed by atoms with E-state index < -0.39 is 42.9 Å². The second-order valence-corrected chi connectivity index (χ2v) is 6.89. The predicted octanol–water partition coefficient (Wildman–Crippen LogP) is -0.700. The largest absolute Gasteiger partial charge is 0.394 e. The summed E-state index contributed by atoms with van der Waals surface area (Å²) in [4.78, 5) is 0.